The SMILES string of the molecule is CC(C)(C)S(=N)(=O)N1CCC(O)CC1. The van der Waals surface area contributed by atoms with Gasteiger partial charge in [-0.25, -0.2) is 13.3 Å². The minimum Gasteiger partial charge on any atom is -0.393 e. The van der Waals surface area contributed by atoms with Crippen LogP contribution in [0.1, 0.15) is 33.6 Å². The first-order valence-electron chi connectivity index (χ1n) is 4.96. The Bertz CT molecular complexity index is 284. The number of aliphatic hydroxyl groups excluding tert-OH is 1. The van der Waals surface area contributed by atoms with Crippen LogP contribution in [-0.2, 0) is 9.92 Å². The second-order valence-corrected chi connectivity index (χ2v) is 7.59. The highest BCUT2D eigenvalue weighted by Crippen LogP contribution is 2.24. The van der Waals surface area contributed by atoms with Crippen LogP contribution in [-0.4, -0.2) is 37.6 Å². The van der Waals surface area contributed by atoms with Crippen molar-refractivity contribution in [3.63, 3.8) is 0 Å². The molecule has 0 saturated carbocycles. The van der Waals surface area contributed by atoms with Gasteiger partial charge in [0.05, 0.1) is 10.9 Å². The molecule has 0 spiro atoms. The summed E-state index contributed by atoms with van der Waals surface area (Å²) >= 11 is 0. The van der Waals surface area contributed by atoms with Gasteiger partial charge in [-0.3, -0.25) is 0 Å². The maximum atomic E-state index is 12.2. The van der Waals surface area contributed by atoms with E-state index in [4.69, 9.17) is 4.78 Å². The fourth-order valence-electron chi connectivity index (χ4n) is 1.49. The third-order valence-corrected chi connectivity index (χ3v) is 5.37. The quantitative estimate of drug-likeness (QED) is 0.697. The number of hydrogen-bond acceptors (Lipinski definition) is 3. The van der Waals surface area contributed by atoms with Crippen molar-refractivity contribution in [1.29, 1.82) is 4.78 Å². The van der Waals surface area contributed by atoms with Gasteiger partial charge >= 0.3 is 0 Å². The molecule has 1 saturated heterocycles. The van der Waals surface area contributed by atoms with Crippen LogP contribution in [0.4, 0.5) is 0 Å². The van der Waals surface area contributed by atoms with E-state index in [-0.39, 0.29) is 6.10 Å². The molecule has 2 N–H and O–H groups in total. The van der Waals surface area contributed by atoms with Crippen molar-refractivity contribution in [2.75, 3.05) is 13.1 Å². The first kappa shape index (κ1) is 11.9. The molecule has 1 heterocycles. The maximum Gasteiger partial charge on any atom is 0.112 e. The van der Waals surface area contributed by atoms with Crippen LogP contribution in [0.2, 0.25) is 0 Å². The fourth-order valence-corrected chi connectivity index (χ4v) is 2.99. The highest BCUT2D eigenvalue weighted by atomic mass is 32.2. The molecule has 0 aliphatic carbocycles. The van der Waals surface area contributed by atoms with E-state index in [1.165, 1.54) is 0 Å². The smallest absolute Gasteiger partial charge is 0.112 e. The summed E-state index contributed by atoms with van der Waals surface area (Å²) in [6, 6.07) is 0. The standard InChI is InChI=1S/C9H20N2O2S/c1-9(2,3)14(10,13)11-6-4-8(12)5-7-11/h8,10,12H,4-7H2,1-3H3. The predicted octanol–water partition coefficient (Wildman–Crippen LogP) is 1.20. The van der Waals surface area contributed by atoms with Crippen LogP contribution in [0.25, 0.3) is 0 Å². The topological polar surface area (TPSA) is 64.4 Å². The summed E-state index contributed by atoms with van der Waals surface area (Å²) in [5.74, 6) is 0. The largest absolute Gasteiger partial charge is 0.393 e. The van der Waals surface area contributed by atoms with Crippen LogP contribution in [0.15, 0.2) is 0 Å². The molecule has 0 aromatic rings. The Morgan fingerprint density at radius 3 is 2.14 bits per heavy atom. The Balaban J connectivity index is 2.76. The molecule has 0 aromatic carbocycles. The van der Waals surface area contributed by atoms with Crippen molar-refractivity contribution in [3.05, 3.63) is 0 Å². The summed E-state index contributed by atoms with van der Waals surface area (Å²) in [5, 5.41) is 9.31. The molecule has 14 heavy (non-hydrogen) atoms. The molecule has 1 aliphatic rings. The molecule has 84 valence electrons. The van der Waals surface area contributed by atoms with Crippen molar-refractivity contribution in [1.82, 2.24) is 4.31 Å². The molecule has 1 atom stereocenters. The first-order chi connectivity index (χ1) is 6.25. The van der Waals surface area contributed by atoms with E-state index in [0.29, 0.717) is 25.9 Å². The molecule has 4 nitrogen and oxygen atoms in total. The van der Waals surface area contributed by atoms with E-state index in [2.05, 4.69) is 0 Å². The van der Waals surface area contributed by atoms with Gasteiger partial charge in [0.15, 0.2) is 0 Å². The van der Waals surface area contributed by atoms with Gasteiger partial charge in [0.1, 0.15) is 9.92 Å². The van der Waals surface area contributed by atoms with E-state index in [0.717, 1.165) is 0 Å². The minimum atomic E-state index is -2.70. The zero-order valence-corrected chi connectivity index (χ0v) is 9.93. The zero-order chi connectivity index (χ0) is 11.0. The zero-order valence-electron chi connectivity index (χ0n) is 9.12. The second-order valence-electron chi connectivity index (χ2n) is 4.80. The average Bonchev–Trinajstić information content (AvgIpc) is 2.03. The molecule has 0 amide bonds. The molecule has 5 heteroatoms. The molecule has 1 rings (SSSR count). The lowest BCUT2D eigenvalue weighted by molar-refractivity contribution is 0.113. The van der Waals surface area contributed by atoms with Crippen molar-refractivity contribution < 1.29 is 9.32 Å². The van der Waals surface area contributed by atoms with Gasteiger partial charge in [0.2, 0.25) is 0 Å². The molecule has 0 radical (unpaired) electrons. The summed E-state index contributed by atoms with van der Waals surface area (Å²) in [7, 11) is -2.70. The van der Waals surface area contributed by atoms with Crippen LogP contribution in [0.5, 0.6) is 0 Å². The summed E-state index contributed by atoms with van der Waals surface area (Å²) in [6.45, 7) is 6.62. The van der Waals surface area contributed by atoms with Crippen molar-refractivity contribution in [2.45, 2.75) is 44.5 Å². The average molecular weight is 220 g/mol. The van der Waals surface area contributed by atoms with Gasteiger partial charge in [-0.15, -0.1) is 0 Å². The van der Waals surface area contributed by atoms with Gasteiger partial charge in [-0.1, -0.05) is 0 Å². The molecular formula is C9H20N2O2S. The van der Waals surface area contributed by atoms with Gasteiger partial charge < -0.3 is 5.11 Å². The molecular weight excluding hydrogens is 200 g/mol. The first-order valence-corrected chi connectivity index (χ1v) is 6.48. The van der Waals surface area contributed by atoms with Crippen LogP contribution in [0.3, 0.4) is 0 Å². The van der Waals surface area contributed by atoms with E-state index in [9.17, 15) is 9.32 Å². The minimum absolute atomic E-state index is 0.276. The third kappa shape index (κ3) is 2.27. The lowest BCUT2D eigenvalue weighted by Gasteiger charge is -2.36. The molecule has 1 aliphatic heterocycles. The van der Waals surface area contributed by atoms with E-state index < -0.39 is 14.7 Å². The van der Waals surface area contributed by atoms with Gasteiger partial charge in [-0.2, -0.15) is 0 Å². The van der Waals surface area contributed by atoms with E-state index in [1.54, 1.807) is 4.31 Å². The molecule has 1 unspecified atom stereocenters. The number of aliphatic hydroxyl groups is 1. The lowest BCUT2D eigenvalue weighted by atomic mass is 10.1. The molecule has 0 aromatic heterocycles. The van der Waals surface area contributed by atoms with Gasteiger partial charge in [-0.05, 0) is 33.6 Å². The molecule has 0 bridgehead atoms. The Labute approximate surface area is 86.4 Å². The second kappa shape index (κ2) is 3.79. The summed E-state index contributed by atoms with van der Waals surface area (Å²) in [5.41, 5.74) is 0. The Morgan fingerprint density at radius 1 is 1.36 bits per heavy atom. The normalized spacial score (nSPS) is 26.0. The van der Waals surface area contributed by atoms with Crippen molar-refractivity contribution >= 4 is 9.92 Å². The fraction of sp³-hybridized carbons (Fsp3) is 1.00. The Hall–Kier alpha value is -0.130. The Kier molecular flexibility index (Phi) is 3.23. The number of piperidine rings is 1. The predicted molar refractivity (Wildman–Crippen MR) is 57.4 cm³/mol. The summed E-state index contributed by atoms with van der Waals surface area (Å²) in [4.78, 5) is 0. The van der Waals surface area contributed by atoms with Crippen LogP contribution in [0, 0.1) is 4.78 Å². The monoisotopic (exact) mass is 220 g/mol. The lowest BCUT2D eigenvalue weighted by Crippen LogP contribution is -2.46. The van der Waals surface area contributed by atoms with Crippen LogP contribution >= 0.6 is 0 Å². The highest BCUT2D eigenvalue weighted by molar-refractivity contribution is 7.91. The summed E-state index contributed by atoms with van der Waals surface area (Å²) < 4.78 is 21.3. The molecule has 1 fully saturated rings. The number of nitrogens with zero attached hydrogens (tertiary/aromatic N) is 1. The van der Waals surface area contributed by atoms with Gasteiger partial charge in [0, 0.05) is 13.1 Å². The van der Waals surface area contributed by atoms with Crippen molar-refractivity contribution in [3.8, 4) is 0 Å². The highest BCUT2D eigenvalue weighted by Gasteiger charge is 2.33. The van der Waals surface area contributed by atoms with Crippen molar-refractivity contribution in [2.24, 2.45) is 0 Å². The van der Waals surface area contributed by atoms with E-state index in [1.807, 2.05) is 20.8 Å². The van der Waals surface area contributed by atoms with E-state index >= 15 is 0 Å². The number of nitrogens with one attached hydrogen (secondary N) is 1. The van der Waals surface area contributed by atoms with Gasteiger partial charge in [0.25, 0.3) is 0 Å². The Morgan fingerprint density at radius 2 is 1.79 bits per heavy atom. The maximum absolute atomic E-state index is 12.2. The summed E-state index contributed by atoms with van der Waals surface area (Å²) in [6.07, 6.45) is 0.985. The third-order valence-electron chi connectivity index (χ3n) is 2.62. The van der Waals surface area contributed by atoms with Crippen LogP contribution < -0.4 is 0 Å². The number of hydrogen-bond donors (Lipinski definition) is 2. The number of rotatable bonds is 1.